The van der Waals surface area contributed by atoms with E-state index >= 15 is 0 Å². The van der Waals surface area contributed by atoms with Crippen molar-refractivity contribution in [3.63, 3.8) is 0 Å². The molecule has 10 nitrogen and oxygen atoms in total. The Balaban J connectivity index is 1.37. The van der Waals surface area contributed by atoms with Crippen LogP contribution in [-0.2, 0) is 11.3 Å². The molecule has 2 aromatic heterocycles. The lowest BCUT2D eigenvalue weighted by Gasteiger charge is -2.26. The summed E-state index contributed by atoms with van der Waals surface area (Å²) < 4.78 is 11.3. The zero-order chi connectivity index (χ0) is 23.5. The van der Waals surface area contributed by atoms with Gasteiger partial charge in [-0.1, -0.05) is 30.0 Å². The fourth-order valence-electron chi connectivity index (χ4n) is 3.67. The molecule has 174 valence electrons. The number of non-ortho nitro benzene ring substituents is 1. The van der Waals surface area contributed by atoms with E-state index in [2.05, 4.69) is 15.1 Å². The standard InChI is InChI=1S/C23H22N6O4S/c1-15(21-26-27-22(33-21)16-6-8-17(9-7-16)29(30)31)34-23-18-4-2-3-5-19(18)24-20(25-23)14-28-10-12-32-13-11-28/h2-9,15H,10-14H2,1H3. The number of nitro groups is 1. The Morgan fingerprint density at radius 3 is 2.62 bits per heavy atom. The van der Waals surface area contributed by atoms with E-state index in [-0.39, 0.29) is 10.9 Å². The first-order valence-corrected chi connectivity index (χ1v) is 11.8. The van der Waals surface area contributed by atoms with E-state index < -0.39 is 4.92 Å². The van der Waals surface area contributed by atoms with E-state index in [4.69, 9.17) is 19.1 Å². The van der Waals surface area contributed by atoms with Crippen LogP contribution in [0.3, 0.4) is 0 Å². The van der Waals surface area contributed by atoms with Crippen molar-refractivity contribution in [1.82, 2.24) is 25.1 Å². The van der Waals surface area contributed by atoms with Crippen LogP contribution in [0.4, 0.5) is 5.69 Å². The molecule has 0 radical (unpaired) electrons. The maximum absolute atomic E-state index is 10.9. The summed E-state index contributed by atoms with van der Waals surface area (Å²) in [5.41, 5.74) is 1.53. The number of thioether (sulfide) groups is 1. The highest BCUT2D eigenvalue weighted by atomic mass is 32.2. The van der Waals surface area contributed by atoms with Gasteiger partial charge in [-0.05, 0) is 25.1 Å². The number of nitrogens with zero attached hydrogens (tertiary/aromatic N) is 6. The van der Waals surface area contributed by atoms with E-state index in [1.54, 1.807) is 12.1 Å². The second-order valence-corrected chi connectivity index (χ2v) is 9.19. The summed E-state index contributed by atoms with van der Waals surface area (Å²) in [5.74, 6) is 1.54. The van der Waals surface area contributed by atoms with Crippen LogP contribution in [0.25, 0.3) is 22.4 Å². The van der Waals surface area contributed by atoms with Gasteiger partial charge in [0.2, 0.25) is 11.8 Å². The number of benzene rings is 2. The Hall–Kier alpha value is -3.41. The Morgan fingerprint density at radius 1 is 1.09 bits per heavy atom. The van der Waals surface area contributed by atoms with Crippen LogP contribution < -0.4 is 0 Å². The molecule has 11 heteroatoms. The number of para-hydroxylation sites is 1. The third-order valence-corrected chi connectivity index (χ3v) is 6.57. The Kier molecular flexibility index (Phi) is 6.48. The topological polar surface area (TPSA) is 120 Å². The van der Waals surface area contributed by atoms with Gasteiger partial charge in [-0.15, -0.1) is 10.2 Å². The lowest BCUT2D eigenvalue weighted by Crippen LogP contribution is -2.36. The molecule has 0 aliphatic carbocycles. The highest BCUT2D eigenvalue weighted by molar-refractivity contribution is 7.99. The number of hydrogen-bond donors (Lipinski definition) is 0. The number of rotatable bonds is 7. The molecule has 1 atom stereocenters. The van der Waals surface area contributed by atoms with Crippen molar-refractivity contribution in [1.29, 1.82) is 0 Å². The van der Waals surface area contributed by atoms with E-state index in [9.17, 15) is 10.1 Å². The molecule has 0 bridgehead atoms. The average molecular weight is 479 g/mol. The molecule has 1 aliphatic rings. The molecule has 0 spiro atoms. The van der Waals surface area contributed by atoms with Gasteiger partial charge in [0.25, 0.3) is 5.69 Å². The average Bonchev–Trinajstić information content (AvgIpc) is 3.35. The van der Waals surface area contributed by atoms with Gasteiger partial charge >= 0.3 is 0 Å². The van der Waals surface area contributed by atoms with E-state index in [1.807, 2.05) is 31.2 Å². The summed E-state index contributed by atoms with van der Waals surface area (Å²) in [7, 11) is 0. The molecule has 0 amide bonds. The number of hydrogen-bond acceptors (Lipinski definition) is 10. The number of aromatic nitrogens is 4. The molecule has 1 fully saturated rings. The van der Waals surface area contributed by atoms with Crippen LogP contribution in [0, 0.1) is 10.1 Å². The number of morpholine rings is 1. The van der Waals surface area contributed by atoms with Crippen molar-refractivity contribution in [2.45, 2.75) is 23.7 Å². The SMILES string of the molecule is CC(Sc1nc(CN2CCOCC2)nc2ccccc12)c1nnc(-c2ccc([N+](=O)[O-])cc2)o1. The van der Waals surface area contributed by atoms with E-state index in [0.717, 1.165) is 48.1 Å². The maximum Gasteiger partial charge on any atom is 0.269 e. The van der Waals surface area contributed by atoms with Crippen molar-refractivity contribution in [3.05, 3.63) is 70.4 Å². The Bertz CT molecular complexity index is 1310. The molecule has 2 aromatic carbocycles. The summed E-state index contributed by atoms with van der Waals surface area (Å²) in [6, 6.07) is 14.0. The molecular formula is C23H22N6O4S. The number of ether oxygens (including phenoxy) is 1. The fraction of sp³-hybridized carbons (Fsp3) is 0.304. The van der Waals surface area contributed by atoms with Crippen LogP contribution >= 0.6 is 11.8 Å². The normalized spacial score (nSPS) is 15.4. The van der Waals surface area contributed by atoms with Crippen molar-refractivity contribution < 1.29 is 14.1 Å². The van der Waals surface area contributed by atoms with Crippen molar-refractivity contribution in [3.8, 4) is 11.5 Å². The first kappa shape index (κ1) is 22.4. The van der Waals surface area contributed by atoms with Gasteiger partial charge in [0, 0.05) is 36.2 Å². The Labute approximate surface area is 199 Å². The zero-order valence-electron chi connectivity index (χ0n) is 18.5. The molecule has 34 heavy (non-hydrogen) atoms. The molecule has 4 aromatic rings. The smallest absolute Gasteiger partial charge is 0.269 e. The highest BCUT2D eigenvalue weighted by Crippen LogP contribution is 2.37. The molecule has 0 N–H and O–H groups in total. The van der Waals surface area contributed by atoms with Crippen molar-refractivity contribution in [2.24, 2.45) is 0 Å². The Morgan fingerprint density at radius 2 is 1.85 bits per heavy atom. The summed E-state index contributed by atoms with van der Waals surface area (Å²) >= 11 is 1.54. The summed E-state index contributed by atoms with van der Waals surface area (Å²) in [6.07, 6.45) is 0. The van der Waals surface area contributed by atoms with Gasteiger partial charge < -0.3 is 9.15 Å². The predicted octanol–water partition coefficient (Wildman–Crippen LogP) is 4.27. The van der Waals surface area contributed by atoms with Gasteiger partial charge in [-0.2, -0.15) is 0 Å². The summed E-state index contributed by atoms with van der Waals surface area (Å²) in [5, 5.41) is 20.9. The first-order valence-electron chi connectivity index (χ1n) is 10.9. The summed E-state index contributed by atoms with van der Waals surface area (Å²) in [4.78, 5) is 22.4. The second kappa shape index (κ2) is 9.84. The molecule has 3 heterocycles. The maximum atomic E-state index is 10.9. The second-order valence-electron chi connectivity index (χ2n) is 7.86. The highest BCUT2D eigenvalue weighted by Gasteiger charge is 2.20. The third-order valence-electron chi connectivity index (χ3n) is 5.49. The molecule has 1 aliphatic heterocycles. The van der Waals surface area contributed by atoms with Gasteiger partial charge in [-0.3, -0.25) is 15.0 Å². The van der Waals surface area contributed by atoms with Gasteiger partial charge in [0.15, 0.2) is 0 Å². The predicted molar refractivity (Wildman–Crippen MR) is 126 cm³/mol. The fourth-order valence-corrected chi connectivity index (χ4v) is 4.66. The van der Waals surface area contributed by atoms with Gasteiger partial charge in [-0.25, -0.2) is 9.97 Å². The van der Waals surface area contributed by atoms with Crippen LogP contribution in [0.2, 0.25) is 0 Å². The molecule has 1 saturated heterocycles. The molecular weight excluding hydrogens is 456 g/mol. The molecule has 0 saturated carbocycles. The van der Waals surface area contributed by atoms with Crippen LogP contribution in [0.1, 0.15) is 23.9 Å². The third kappa shape index (κ3) is 4.91. The largest absolute Gasteiger partial charge is 0.419 e. The minimum atomic E-state index is -0.443. The van der Waals surface area contributed by atoms with Crippen LogP contribution in [0.15, 0.2) is 58.0 Å². The molecule has 1 unspecified atom stereocenters. The van der Waals surface area contributed by atoms with Gasteiger partial charge in [0.1, 0.15) is 10.9 Å². The van der Waals surface area contributed by atoms with Crippen molar-refractivity contribution in [2.75, 3.05) is 26.3 Å². The van der Waals surface area contributed by atoms with Crippen molar-refractivity contribution >= 4 is 28.4 Å². The summed E-state index contributed by atoms with van der Waals surface area (Å²) in [6.45, 7) is 5.82. The number of fused-ring (bicyclic) bond motifs is 1. The zero-order valence-corrected chi connectivity index (χ0v) is 19.3. The molecule has 5 rings (SSSR count). The number of nitro benzene ring substituents is 1. The van der Waals surface area contributed by atoms with Gasteiger partial charge in [0.05, 0.1) is 35.4 Å². The van der Waals surface area contributed by atoms with E-state index in [1.165, 1.54) is 23.9 Å². The van der Waals surface area contributed by atoms with Crippen LogP contribution in [-0.4, -0.2) is 56.3 Å². The first-order chi connectivity index (χ1) is 16.6. The quantitative estimate of drug-likeness (QED) is 0.165. The monoisotopic (exact) mass is 478 g/mol. The van der Waals surface area contributed by atoms with E-state index in [0.29, 0.717) is 23.9 Å². The lowest BCUT2D eigenvalue weighted by molar-refractivity contribution is -0.384. The lowest BCUT2D eigenvalue weighted by atomic mass is 10.2. The van der Waals surface area contributed by atoms with Crippen LogP contribution in [0.5, 0.6) is 0 Å². The minimum absolute atomic E-state index is 0.0101. The minimum Gasteiger partial charge on any atom is -0.419 e.